The molecule has 2 rings (SSSR count). The molecule has 1 aromatic carbocycles. The second-order valence-electron chi connectivity index (χ2n) is 7.56. The van der Waals surface area contributed by atoms with Crippen molar-refractivity contribution in [3.05, 3.63) is 35.7 Å². The van der Waals surface area contributed by atoms with Crippen LogP contribution in [-0.2, 0) is 16.1 Å². The minimum atomic E-state index is -0.589. The number of unbranched alkanes of at least 4 members (excludes halogenated alkanes) is 4. The van der Waals surface area contributed by atoms with Crippen molar-refractivity contribution >= 4 is 0 Å². The highest BCUT2D eigenvalue weighted by Gasteiger charge is 2.27. The van der Waals surface area contributed by atoms with E-state index in [0.717, 1.165) is 55.9 Å². The lowest BCUT2D eigenvalue weighted by Gasteiger charge is -2.33. The topological polar surface area (TPSA) is 60.0 Å². The standard InChI is InChI=1S/C22H36NO4/c1-4-5-13-25-14-9-7-6-8-12-23-16-20(24)18-10-11-21-19(15-18)17-26-22(2,3)27-21/h5,10-11,15,20,23-24H,4,6-9,12-14,16-17H2,1-3H3. The Bertz CT molecular complexity index is 547. The molecule has 1 atom stereocenters. The Balaban J connectivity index is 1.57. The SMILES string of the molecule is CC[CH]COCCCCCCNCC(O)c1ccc2c(c1)COC(C)(C)O2. The number of benzene rings is 1. The van der Waals surface area contributed by atoms with Crippen LogP contribution in [0.25, 0.3) is 0 Å². The number of fused-ring (bicyclic) bond motifs is 1. The van der Waals surface area contributed by atoms with Crippen LogP contribution < -0.4 is 10.1 Å². The van der Waals surface area contributed by atoms with Crippen LogP contribution in [0.1, 0.15) is 70.1 Å². The van der Waals surface area contributed by atoms with Crippen molar-refractivity contribution in [2.75, 3.05) is 26.3 Å². The van der Waals surface area contributed by atoms with Crippen molar-refractivity contribution in [2.45, 2.75) is 71.4 Å². The minimum absolute atomic E-state index is 0.510. The van der Waals surface area contributed by atoms with Crippen LogP contribution in [0.2, 0.25) is 0 Å². The van der Waals surface area contributed by atoms with E-state index in [2.05, 4.69) is 18.7 Å². The summed E-state index contributed by atoms with van der Waals surface area (Å²) < 4.78 is 17.0. The molecule has 1 aliphatic rings. The summed E-state index contributed by atoms with van der Waals surface area (Å²) in [5, 5.41) is 13.8. The first kappa shape index (κ1) is 22.2. The summed E-state index contributed by atoms with van der Waals surface area (Å²) >= 11 is 0. The predicted octanol–water partition coefficient (Wildman–Crippen LogP) is 4.15. The molecule has 0 saturated heterocycles. The highest BCUT2D eigenvalue weighted by atomic mass is 16.7. The second kappa shape index (κ2) is 11.6. The molecule has 0 fully saturated rings. The average molecular weight is 379 g/mol. The first-order valence-electron chi connectivity index (χ1n) is 10.3. The van der Waals surface area contributed by atoms with E-state index in [1.807, 2.05) is 32.0 Å². The van der Waals surface area contributed by atoms with Gasteiger partial charge in [-0.3, -0.25) is 0 Å². The van der Waals surface area contributed by atoms with Gasteiger partial charge in [0.1, 0.15) is 5.75 Å². The Labute approximate surface area is 164 Å². The molecule has 0 saturated carbocycles. The highest BCUT2D eigenvalue weighted by molar-refractivity contribution is 5.39. The molecular formula is C22H36NO4. The van der Waals surface area contributed by atoms with Crippen LogP contribution in [0.3, 0.4) is 0 Å². The molecule has 2 N–H and O–H groups in total. The van der Waals surface area contributed by atoms with Gasteiger partial charge in [0, 0.05) is 39.2 Å². The van der Waals surface area contributed by atoms with Crippen LogP contribution in [0, 0.1) is 6.42 Å². The quantitative estimate of drug-likeness (QED) is 0.505. The maximum absolute atomic E-state index is 10.4. The Morgan fingerprint density at radius 2 is 2.07 bits per heavy atom. The Morgan fingerprint density at radius 1 is 1.26 bits per heavy atom. The number of hydrogen-bond donors (Lipinski definition) is 2. The molecule has 153 valence electrons. The molecule has 5 nitrogen and oxygen atoms in total. The molecule has 0 bridgehead atoms. The van der Waals surface area contributed by atoms with Gasteiger partial charge in [0.2, 0.25) is 5.79 Å². The number of aliphatic hydroxyl groups excluding tert-OH is 1. The van der Waals surface area contributed by atoms with Gasteiger partial charge in [-0.15, -0.1) is 0 Å². The minimum Gasteiger partial charge on any atom is -0.463 e. The molecule has 1 aliphatic heterocycles. The summed E-state index contributed by atoms with van der Waals surface area (Å²) in [5.41, 5.74) is 1.89. The fraction of sp³-hybridized carbons (Fsp3) is 0.682. The zero-order chi connectivity index (χ0) is 19.5. The summed E-state index contributed by atoms with van der Waals surface area (Å²) in [6, 6.07) is 5.84. The molecule has 0 aromatic heterocycles. The van der Waals surface area contributed by atoms with Crippen molar-refractivity contribution in [3.63, 3.8) is 0 Å². The molecule has 0 spiro atoms. The van der Waals surface area contributed by atoms with Gasteiger partial charge in [-0.05, 0) is 43.5 Å². The second-order valence-corrected chi connectivity index (χ2v) is 7.56. The molecule has 1 unspecified atom stereocenters. The van der Waals surface area contributed by atoms with Crippen LogP contribution in [0.4, 0.5) is 0 Å². The zero-order valence-electron chi connectivity index (χ0n) is 17.1. The lowest BCUT2D eigenvalue weighted by molar-refractivity contribution is -0.180. The smallest absolute Gasteiger partial charge is 0.205 e. The van der Waals surface area contributed by atoms with E-state index in [0.29, 0.717) is 13.2 Å². The molecular weight excluding hydrogens is 342 g/mol. The molecule has 1 heterocycles. The van der Waals surface area contributed by atoms with Gasteiger partial charge in [0.15, 0.2) is 0 Å². The molecule has 0 aliphatic carbocycles. The molecule has 0 amide bonds. The molecule has 27 heavy (non-hydrogen) atoms. The maximum Gasteiger partial charge on any atom is 0.205 e. The summed E-state index contributed by atoms with van der Waals surface area (Å²) in [5.74, 6) is 0.251. The van der Waals surface area contributed by atoms with Gasteiger partial charge in [-0.2, -0.15) is 0 Å². The van der Waals surface area contributed by atoms with E-state index in [-0.39, 0.29) is 0 Å². The predicted molar refractivity (Wildman–Crippen MR) is 108 cm³/mol. The molecule has 5 heteroatoms. The lowest BCUT2D eigenvalue weighted by atomic mass is 10.0. The number of hydrogen-bond acceptors (Lipinski definition) is 5. The Morgan fingerprint density at radius 3 is 2.89 bits per heavy atom. The van der Waals surface area contributed by atoms with E-state index in [1.165, 1.54) is 12.8 Å². The lowest BCUT2D eigenvalue weighted by Crippen LogP contribution is -2.35. The zero-order valence-corrected chi connectivity index (χ0v) is 17.1. The average Bonchev–Trinajstić information content (AvgIpc) is 2.65. The largest absolute Gasteiger partial charge is 0.463 e. The van der Waals surface area contributed by atoms with Gasteiger partial charge in [-0.25, -0.2) is 0 Å². The number of ether oxygens (including phenoxy) is 3. The van der Waals surface area contributed by atoms with E-state index in [1.54, 1.807) is 0 Å². The van der Waals surface area contributed by atoms with Gasteiger partial charge in [0.05, 0.1) is 12.7 Å². The summed E-state index contributed by atoms with van der Waals surface area (Å²) in [6.07, 6.45) is 7.32. The van der Waals surface area contributed by atoms with E-state index in [9.17, 15) is 5.11 Å². The fourth-order valence-corrected chi connectivity index (χ4v) is 3.01. The number of rotatable bonds is 13. The number of aliphatic hydroxyl groups is 1. The first-order chi connectivity index (χ1) is 13.0. The van der Waals surface area contributed by atoms with Crippen molar-refractivity contribution < 1.29 is 19.3 Å². The summed E-state index contributed by atoms with van der Waals surface area (Å²) in [7, 11) is 0. The van der Waals surface area contributed by atoms with Crippen LogP contribution >= 0.6 is 0 Å². The normalized spacial score (nSPS) is 16.6. The van der Waals surface area contributed by atoms with E-state index in [4.69, 9.17) is 14.2 Å². The van der Waals surface area contributed by atoms with E-state index < -0.39 is 11.9 Å². The highest BCUT2D eigenvalue weighted by Crippen LogP contribution is 2.32. The third-order valence-electron chi connectivity index (χ3n) is 4.65. The fourth-order valence-electron chi connectivity index (χ4n) is 3.01. The van der Waals surface area contributed by atoms with Crippen molar-refractivity contribution in [2.24, 2.45) is 0 Å². The molecule has 1 radical (unpaired) electrons. The first-order valence-corrected chi connectivity index (χ1v) is 10.3. The molecule has 1 aromatic rings. The summed E-state index contributed by atoms with van der Waals surface area (Å²) in [4.78, 5) is 0. The number of nitrogens with one attached hydrogen (secondary N) is 1. The Kier molecular flexibility index (Phi) is 9.56. The van der Waals surface area contributed by atoms with Crippen molar-refractivity contribution in [1.82, 2.24) is 5.32 Å². The monoisotopic (exact) mass is 378 g/mol. The van der Waals surface area contributed by atoms with Crippen molar-refractivity contribution in [3.8, 4) is 5.75 Å². The van der Waals surface area contributed by atoms with Crippen LogP contribution in [-0.4, -0.2) is 37.2 Å². The van der Waals surface area contributed by atoms with Gasteiger partial charge < -0.3 is 24.6 Å². The van der Waals surface area contributed by atoms with E-state index >= 15 is 0 Å². The third kappa shape index (κ3) is 8.18. The van der Waals surface area contributed by atoms with Gasteiger partial charge in [-0.1, -0.05) is 32.3 Å². The summed E-state index contributed by atoms with van der Waals surface area (Å²) in [6.45, 7) is 9.55. The maximum atomic E-state index is 10.4. The third-order valence-corrected chi connectivity index (χ3v) is 4.65. The van der Waals surface area contributed by atoms with Crippen molar-refractivity contribution in [1.29, 1.82) is 0 Å². The van der Waals surface area contributed by atoms with Crippen LogP contribution in [0.5, 0.6) is 5.75 Å². The van der Waals surface area contributed by atoms with Gasteiger partial charge in [0.25, 0.3) is 0 Å². The Hall–Kier alpha value is -1.14. The van der Waals surface area contributed by atoms with Gasteiger partial charge >= 0.3 is 0 Å². The van der Waals surface area contributed by atoms with Crippen LogP contribution in [0.15, 0.2) is 18.2 Å².